The van der Waals surface area contributed by atoms with Gasteiger partial charge in [-0.2, -0.15) is 5.10 Å². The minimum absolute atomic E-state index is 0.168. The molecular formula is C15H17BrN4O2. The fourth-order valence-corrected chi connectivity index (χ4v) is 2.77. The van der Waals surface area contributed by atoms with E-state index < -0.39 is 0 Å². The van der Waals surface area contributed by atoms with Crippen molar-refractivity contribution in [3.8, 4) is 5.75 Å². The van der Waals surface area contributed by atoms with Gasteiger partial charge < -0.3 is 15.4 Å². The number of carbonyl (C=O) groups excluding carboxylic acids is 1. The van der Waals surface area contributed by atoms with Crippen LogP contribution in [0.2, 0.25) is 0 Å². The molecule has 0 saturated heterocycles. The van der Waals surface area contributed by atoms with Gasteiger partial charge in [0.15, 0.2) is 5.69 Å². The molecule has 0 bridgehead atoms. The van der Waals surface area contributed by atoms with Crippen molar-refractivity contribution >= 4 is 21.8 Å². The smallest absolute Gasteiger partial charge is 0.272 e. The number of halogens is 1. The van der Waals surface area contributed by atoms with Crippen molar-refractivity contribution in [3.63, 3.8) is 0 Å². The zero-order chi connectivity index (χ0) is 15.4. The Morgan fingerprint density at radius 1 is 1.45 bits per heavy atom. The monoisotopic (exact) mass is 364 g/mol. The summed E-state index contributed by atoms with van der Waals surface area (Å²) < 4.78 is 6.54. The Morgan fingerprint density at radius 2 is 2.36 bits per heavy atom. The van der Waals surface area contributed by atoms with Crippen LogP contribution in [0.25, 0.3) is 0 Å². The largest absolute Gasteiger partial charge is 0.492 e. The maximum atomic E-state index is 12.2. The summed E-state index contributed by atoms with van der Waals surface area (Å²) in [4.78, 5) is 12.2. The van der Waals surface area contributed by atoms with Crippen LogP contribution >= 0.6 is 15.9 Å². The Hall–Kier alpha value is -1.86. The van der Waals surface area contributed by atoms with Crippen molar-refractivity contribution in [1.82, 2.24) is 20.8 Å². The van der Waals surface area contributed by atoms with E-state index in [0.29, 0.717) is 25.4 Å². The van der Waals surface area contributed by atoms with Gasteiger partial charge in [-0.15, -0.1) is 0 Å². The number of fused-ring (bicyclic) bond motifs is 1. The molecule has 22 heavy (non-hydrogen) atoms. The zero-order valence-corrected chi connectivity index (χ0v) is 13.6. The van der Waals surface area contributed by atoms with Gasteiger partial charge in [-0.25, -0.2) is 0 Å². The first-order valence-corrected chi connectivity index (χ1v) is 7.97. The summed E-state index contributed by atoms with van der Waals surface area (Å²) in [5, 5.41) is 13.1. The molecule has 0 aliphatic carbocycles. The first kappa shape index (κ1) is 15.1. The number of benzene rings is 1. The Kier molecular flexibility index (Phi) is 4.74. The number of ether oxygens (including phenoxy) is 1. The molecule has 7 heteroatoms. The van der Waals surface area contributed by atoms with Crippen LogP contribution in [0.4, 0.5) is 0 Å². The van der Waals surface area contributed by atoms with Crippen LogP contribution in [0.3, 0.4) is 0 Å². The third kappa shape index (κ3) is 3.48. The van der Waals surface area contributed by atoms with Crippen molar-refractivity contribution < 1.29 is 9.53 Å². The summed E-state index contributed by atoms with van der Waals surface area (Å²) in [5.74, 6) is 0.601. The molecule has 3 rings (SSSR count). The number of amides is 1. The van der Waals surface area contributed by atoms with E-state index in [9.17, 15) is 4.79 Å². The number of H-pyrrole nitrogens is 1. The van der Waals surface area contributed by atoms with E-state index in [1.54, 1.807) is 0 Å². The highest BCUT2D eigenvalue weighted by atomic mass is 79.9. The quantitative estimate of drug-likeness (QED) is 0.704. The maximum Gasteiger partial charge on any atom is 0.272 e. The van der Waals surface area contributed by atoms with Gasteiger partial charge in [0.2, 0.25) is 0 Å². The predicted octanol–water partition coefficient (Wildman–Crippen LogP) is 1.63. The van der Waals surface area contributed by atoms with E-state index in [0.717, 1.165) is 34.4 Å². The van der Waals surface area contributed by atoms with E-state index in [-0.39, 0.29) is 5.91 Å². The lowest BCUT2D eigenvalue weighted by atomic mass is 10.1. The SMILES string of the molecule is O=C(NCCOc1cccc(Br)c1)c1n[nH]c2c1CNCC2. The predicted molar refractivity (Wildman–Crippen MR) is 86.0 cm³/mol. The lowest BCUT2D eigenvalue weighted by Crippen LogP contribution is -2.31. The van der Waals surface area contributed by atoms with E-state index in [4.69, 9.17) is 4.74 Å². The maximum absolute atomic E-state index is 12.2. The number of aromatic amines is 1. The highest BCUT2D eigenvalue weighted by Crippen LogP contribution is 2.17. The molecule has 3 N–H and O–H groups in total. The molecule has 1 aliphatic heterocycles. The molecule has 0 spiro atoms. The Bertz CT molecular complexity index is 671. The molecule has 1 aromatic carbocycles. The van der Waals surface area contributed by atoms with Gasteiger partial charge >= 0.3 is 0 Å². The third-order valence-corrected chi connectivity index (χ3v) is 3.97. The van der Waals surface area contributed by atoms with Crippen LogP contribution in [-0.4, -0.2) is 35.8 Å². The van der Waals surface area contributed by atoms with E-state index in [2.05, 4.69) is 36.8 Å². The van der Waals surface area contributed by atoms with Crippen LogP contribution < -0.4 is 15.4 Å². The number of nitrogens with zero attached hydrogens (tertiary/aromatic N) is 1. The number of nitrogens with one attached hydrogen (secondary N) is 3. The number of carbonyl (C=O) groups is 1. The second-order valence-electron chi connectivity index (χ2n) is 5.02. The normalized spacial score (nSPS) is 13.5. The van der Waals surface area contributed by atoms with E-state index in [1.807, 2.05) is 24.3 Å². The van der Waals surface area contributed by atoms with Gasteiger partial charge in [0, 0.05) is 35.2 Å². The molecular weight excluding hydrogens is 348 g/mol. The van der Waals surface area contributed by atoms with Gasteiger partial charge in [0.1, 0.15) is 12.4 Å². The molecule has 0 unspecified atom stereocenters. The molecule has 2 aromatic rings. The van der Waals surface area contributed by atoms with Crippen LogP contribution in [0.1, 0.15) is 21.7 Å². The Morgan fingerprint density at radius 3 is 3.23 bits per heavy atom. The molecule has 0 fully saturated rings. The fraction of sp³-hybridized carbons (Fsp3) is 0.333. The minimum Gasteiger partial charge on any atom is -0.492 e. The summed E-state index contributed by atoms with van der Waals surface area (Å²) >= 11 is 3.39. The van der Waals surface area contributed by atoms with Gasteiger partial charge in [0.25, 0.3) is 5.91 Å². The van der Waals surface area contributed by atoms with Crippen LogP contribution in [0, 0.1) is 0 Å². The summed E-state index contributed by atoms with van der Waals surface area (Å²) in [6.45, 7) is 2.44. The van der Waals surface area contributed by atoms with Gasteiger partial charge in [-0.3, -0.25) is 9.89 Å². The summed E-state index contributed by atoms with van der Waals surface area (Å²) in [6, 6.07) is 7.60. The first-order chi connectivity index (χ1) is 10.7. The highest BCUT2D eigenvalue weighted by Gasteiger charge is 2.21. The van der Waals surface area contributed by atoms with Crippen LogP contribution in [0.15, 0.2) is 28.7 Å². The molecule has 1 aromatic heterocycles. The van der Waals surface area contributed by atoms with Gasteiger partial charge in [-0.1, -0.05) is 22.0 Å². The number of rotatable bonds is 5. The van der Waals surface area contributed by atoms with Crippen molar-refractivity contribution in [1.29, 1.82) is 0 Å². The first-order valence-electron chi connectivity index (χ1n) is 7.17. The lowest BCUT2D eigenvalue weighted by Gasteiger charge is -2.13. The van der Waals surface area contributed by atoms with E-state index >= 15 is 0 Å². The third-order valence-electron chi connectivity index (χ3n) is 3.47. The van der Waals surface area contributed by atoms with Gasteiger partial charge in [0.05, 0.1) is 6.54 Å². The molecule has 116 valence electrons. The highest BCUT2D eigenvalue weighted by molar-refractivity contribution is 9.10. The summed E-state index contributed by atoms with van der Waals surface area (Å²) in [5.41, 5.74) is 2.50. The lowest BCUT2D eigenvalue weighted by molar-refractivity contribution is 0.0941. The molecule has 2 heterocycles. The van der Waals surface area contributed by atoms with Crippen molar-refractivity contribution in [2.24, 2.45) is 0 Å². The summed E-state index contributed by atoms with van der Waals surface area (Å²) in [6.07, 6.45) is 0.877. The second-order valence-corrected chi connectivity index (χ2v) is 5.93. The van der Waals surface area contributed by atoms with Crippen LogP contribution in [0.5, 0.6) is 5.75 Å². The zero-order valence-electron chi connectivity index (χ0n) is 12.0. The molecule has 0 atom stereocenters. The van der Waals surface area contributed by atoms with Crippen LogP contribution in [-0.2, 0) is 13.0 Å². The average Bonchev–Trinajstić information content (AvgIpc) is 2.95. The number of hydrogen-bond acceptors (Lipinski definition) is 4. The second kappa shape index (κ2) is 6.93. The fourth-order valence-electron chi connectivity index (χ4n) is 2.39. The van der Waals surface area contributed by atoms with Crippen molar-refractivity contribution in [2.45, 2.75) is 13.0 Å². The average molecular weight is 365 g/mol. The molecule has 1 aliphatic rings. The number of aromatic nitrogens is 2. The standard InChI is InChI=1S/C15H17BrN4O2/c16-10-2-1-3-11(8-10)22-7-6-18-15(21)14-12-9-17-5-4-13(12)19-20-14/h1-3,8,17H,4-7,9H2,(H,18,21)(H,19,20). The number of hydrogen-bond donors (Lipinski definition) is 3. The molecule has 1 amide bonds. The molecule has 6 nitrogen and oxygen atoms in total. The van der Waals surface area contributed by atoms with Gasteiger partial charge in [-0.05, 0) is 18.2 Å². The molecule has 0 radical (unpaired) electrons. The van der Waals surface area contributed by atoms with Crippen molar-refractivity contribution in [3.05, 3.63) is 45.7 Å². The van der Waals surface area contributed by atoms with E-state index in [1.165, 1.54) is 0 Å². The summed E-state index contributed by atoms with van der Waals surface area (Å²) in [7, 11) is 0. The molecule has 0 saturated carbocycles. The topological polar surface area (TPSA) is 79.0 Å². The minimum atomic E-state index is -0.168. The Labute approximate surface area is 136 Å². The Balaban J connectivity index is 1.49. The van der Waals surface area contributed by atoms with Crippen molar-refractivity contribution in [2.75, 3.05) is 19.7 Å².